The summed E-state index contributed by atoms with van der Waals surface area (Å²) in [6.07, 6.45) is -12.9. The Labute approximate surface area is 261 Å². The Balaban J connectivity index is 2.06. The molecule has 0 saturated carbocycles. The van der Waals surface area contributed by atoms with Crippen LogP contribution in [0.3, 0.4) is 0 Å². The molecule has 0 saturated heterocycles. The molecule has 0 bridgehead atoms. The predicted octanol–water partition coefficient (Wildman–Crippen LogP) is 0.944. The molecule has 0 heterocycles. The van der Waals surface area contributed by atoms with Gasteiger partial charge in [-0.3, -0.25) is 19.2 Å². The Kier molecular flexibility index (Phi) is 13.4. The van der Waals surface area contributed by atoms with E-state index in [0.717, 1.165) is 0 Å². The van der Waals surface area contributed by atoms with Gasteiger partial charge in [-0.05, 0) is 36.0 Å². The van der Waals surface area contributed by atoms with E-state index < -0.39 is 84.9 Å². The van der Waals surface area contributed by atoms with E-state index in [1.807, 2.05) is 0 Å². The van der Waals surface area contributed by atoms with Crippen molar-refractivity contribution in [1.82, 2.24) is 0 Å². The summed E-state index contributed by atoms with van der Waals surface area (Å²) in [4.78, 5) is 56.5. The van der Waals surface area contributed by atoms with Crippen LogP contribution in [0.15, 0.2) is 91.0 Å². The van der Waals surface area contributed by atoms with E-state index in [9.17, 15) is 44.7 Å². The monoisotopic (exact) mass is 620 g/mol. The lowest BCUT2D eigenvalue weighted by molar-refractivity contribution is -0.169. The summed E-state index contributed by atoms with van der Waals surface area (Å²) in [7, 11) is 0. The standard InChI is InChI=1S/C35H40O10/c36-22-26(37)30(41)31(42)32(43)33(44)34(45)35(27(38)19-16-23-10-4-1-5-11-23,28(39)20-17-24-12-6-2-7-13-24)29(40)21-18-25-14-8-3-9-15-25/h1-15,26,30-33,36-37,41-44H,16-22H2/t26-,30-,31+,32+,33?/m1/s1. The summed E-state index contributed by atoms with van der Waals surface area (Å²) in [5, 5.41) is 61.1. The molecule has 3 rings (SSSR count). The topological polar surface area (TPSA) is 190 Å². The number of benzene rings is 3. The van der Waals surface area contributed by atoms with Gasteiger partial charge in [0.25, 0.3) is 0 Å². The van der Waals surface area contributed by atoms with Crippen LogP contribution < -0.4 is 0 Å². The van der Waals surface area contributed by atoms with Gasteiger partial charge in [-0.2, -0.15) is 0 Å². The largest absolute Gasteiger partial charge is 0.394 e. The first kappa shape index (κ1) is 35.6. The molecule has 45 heavy (non-hydrogen) atoms. The first-order valence-electron chi connectivity index (χ1n) is 14.8. The fourth-order valence-electron chi connectivity index (χ4n) is 5.25. The minimum absolute atomic E-state index is 0.0648. The number of aliphatic hydroxyl groups excluding tert-OH is 6. The van der Waals surface area contributed by atoms with Crippen LogP contribution in [0.25, 0.3) is 0 Å². The second-order valence-corrected chi connectivity index (χ2v) is 11.0. The molecule has 0 fully saturated rings. The fourth-order valence-corrected chi connectivity index (χ4v) is 5.25. The average Bonchev–Trinajstić information content (AvgIpc) is 3.08. The van der Waals surface area contributed by atoms with Crippen LogP contribution in [0.1, 0.15) is 36.0 Å². The maximum absolute atomic E-state index is 14.2. The summed E-state index contributed by atoms with van der Waals surface area (Å²) < 4.78 is 0. The fraction of sp³-hybridized carbons (Fsp3) is 0.371. The molecule has 0 spiro atoms. The smallest absolute Gasteiger partial charge is 0.206 e. The van der Waals surface area contributed by atoms with Crippen LogP contribution in [0.4, 0.5) is 0 Å². The number of ketones is 4. The second kappa shape index (κ2) is 17.0. The normalized spacial score (nSPS) is 15.0. The van der Waals surface area contributed by atoms with Crippen molar-refractivity contribution in [2.24, 2.45) is 5.41 Å². The van der Waals surface area contributed by atoms with Crippen molar-refractivity contribution in [3.8, 4) is 0 Å². The molecule has 10 heteroatoms. The maximum atomic E-state index is 14.2. The van der Waals surface area contributed by atoms with E-state index in [2.05, 4.69) is 0 Å². The summed E-state index contributed by atoms with van der Waals surface area (Å²) in [6, 6.07) is 26.1. The Morgan fingerprint density at radius 2 is 0.844 bits per heavy atom. The third-order valence-corrected chi connectivity index (χ3v) is 7.95. The molecule has 3 aromatic rings. The molecule has 0 aliphatic rings. The van der Waals surface area contributed by atoms with Crippen molar-refractivity contribution in [2.75, 3.05) is 6.61 Å². The number of aliphatic hydroxyl groups is 6. The van der Waals surface area contributed by atoms with Crippen LogP contribution >= 0.6 is 0 Å². The molecule has 0 aliphatic carbocycles. The van der Waals surface area contributed by atoms with Crippen molar-refractivity contribution in [3.63, 3.8) is 0 Å². The summed E-state index contributed by atoms with van der Waals surface area (Å²) in [6.45, 7) is -1.02. The molecule has 5 atom stereocenters. The first-order valence-corrected chi connectivity index (χ1v) is 14.8. The van der Waals surface area contributed by atoms with E-state index in [1.165, 1.54) is 0 Å². The van der Waals surface area contributed by atoms with Gasteiger partial charge in [-0.25, -0.2) is 0 Å². The Bertz CT molecular complexity index is 1260. The zero-order valence-corrected chi connectivity index (χ0v) is 24.8. The molecule has 10 nitrogen and oxygen atoms in total. The van der Waals surface area contributed by atoms with Gasteiger partial charge in [0.15, 0.2) is 23.1 Å². The van der Waals surface area contributed by atoms with Crippen molar-refractivity contribution in [3.05, 3.63) is 108 Å². The van der Waals surface area contributed by atoms with E-state index >= 15 is 0 Å². The van der Waals surface area contributed by atoms with Gasteiger partial charge >= 0.3 is 0 Å². The van der Waals surface area contributed by atoms with Gasteiger partial charge in [-0.1, -0.05) is 91.0 Å². The van der Waals surface area contributed by atoms with Gasteiger partial charge in [0.2, 0.25) is 5.41 Å². The van der Waals surface area contributed by atoms with Gasteiger partial charge in [0, 0.05) is 19.3 Å². The summed E-state index contributed by atoms with van der Waals surface area (Å²) in [5.41, 5.74) is -0.952. The predicted molar refractivity (Wildman–Crippen MR) is 164 cm³/mol. The van der Waals surface area contributed by atoms with E-state index in [1.54, 1.807) is 91.0 Å². The molecule has 3 aromatic carbocycles. The third-order valence-electron chi connectivity index (χ3n) is 7.95. The Morgan fingerprint density at radius 3 is 1.16 bits per heavy atom. The zero-order valence-electron chi connectivity index (χ0n) is 24.8. The maximum Gasteiger partial charge on any atom is 0.206 e. The number of hydrogen-bond acceptors (Lipinski definition) is 10. The lowest BCUT2D eigenvalue weighted by Gasteiger charge is -2.34. The molecule has 6 N–H and O–H groups in total. The average molecular weight is 621 g/mol. The van der Waals surface area contributed by atoms with Crippen molar-refractivity contribution in [2.45, 2.75) is 69.0 Å². The van der Waals surface area contributed by atoms with Crippen molar-refractivity contribution < 1.29 is 49.8 Å². The van der Waals surface area contributed by atoms with Crippen molar-refractivity contribution in [1.29, 1.82) is 0 Å². The lowest BCUT2D eigenvalue weighted by atomic mass is 9.66. The SMILES string of the molecule is O=C(CCc1ccccc1)C(C(=O)CCc1ccccc1)(C(=O)CCc1ccccc1)C(=O)C(O)[C@@H](O)[C@@H](O)[C@H](O)[C@H](O)CO. The minimum Gasteiger partial charge on any atom is -0.394 e. The van der Waals surface area contributed by atoms with Gasteiger partial charge in [-0.15, -0.1) is 0 Å². The number of carbonyl (C=O) groups excluding carboxylic acids is 4. The minimum atomic E-state index is -3.03. The molecule has 0 amide bonds. The van der Waals surface area contributed by atoms with Gasteiger partial charge < -0.3 is 30.6 Å². The van der Waals surface area contributed by atoms with Gasteiger partial charge in [0.1, 0.15) is 30.5 Å². The van der Waals surface area contributed by atoms with Crippen molar-refractivity contribution >= 4 is 23.1 Å². The number of carbonyl (C=O) groups is 4. The molecule has 1 unspecified atom stereocenters. The van der Waals surface area contributed by atoms with Crippen LogP contribution in [-0.4, -0.2) is 90.9 Å². The van der Waals surface area contributed by atoms with Crippen LogP contribution in [-0.2, 0) is 38.4 Å². The van der Waals surface area contributed by atoms with Gasteiger partial charge in [0.05, 0.1) is 6.61 Å². The quantitative estimate of drug-likeness (QED) is 0.105. The van der Waals surface area contributed by atoms with Crippen LogP contribution in [0.5, 0.6) is 0 Å². The number of hydrogen-bond donors (Lipinski definition) is 6. The Morgan fingerprint density at radius 1 is 0.511 bits per heavy atom. The zero-order chi connectivity index (χ0) is 33.0. The first-order chi connectivity index (χ1) is 21.5. The molecule has 0 radical (unpaired) electrons. The van der Waals surface area contributed by atoms with Crippen LogP contribution in [0, 0.1) is 5.41 Å². The molecule has 0 aliphatic heterocycles. The lowest BCUT2D eigenvalue weighted by Crippen LogP contribution is -2.61. The third kappa shape index (κ3) is 8.85. The van der Waals surface area contributed by atoms with E-state index in [0.29, 0.717) is 16.7 Å². The highest BCUT2D eigenvalue weighted by atomic mass is 16.4. The number of Topliss-reactive ketones (excluding diaryl/α,β-unsaturated/α-hetero) is 4. The highest BCUT2D eigenvalue weighted by molar-refractivity contribution is 6.39. The van der Waals surface area contributed by atoms with Crippen LogP contribution in [0.2, 0.25) is 0 Å². The highest BCUT2D eigenvalue weighted by Gasteiger charge is 2.59. The number of rotatable bonds is 19. The molecular weight excluding hydrogens is 580 g/mol. The summed E-state index contributed by atoms with van der Waals surface area (Å²) >= 11 is 0. The Hall–Kier alpha value is -3.90. The highest BCUT2D eigenvalue weighted by Crippen LogP contribution is 2.33. The summed E-state index contributed by atoms with van der Waals surface area (Å²) in [5.74, 6) is -4.83. The van der Waals surface area contributed by atoms with E-state index in [-0.39, 0.29) is 19.3 Å². The molecular formula is C35H40O10. The second-order valence-electron chi connectivity index (χ2n) is 11.0. The number of aryl methyl sites for hydroxylation is 3. The molecule has 240 valence electrons. The molecule has 0 aromatic heterocycles. The van der Waals surface area contributed by atoms with E-state index in [4.69, 9.17) is 5.11 Å².